The van der Waals surface area contributed by atoms with Crippen LogP contribution in [0.25, 0.3) is 21.9 Å². The van der Waals surface area contributed by atoms with Crippen LogP contribution in [0.2, 0.25) is 0 Å². The number of rotatable bonds is 3. The average molecular weight is 277 g/mol. The highest BCUT2D eigenvalue weighted by Gasteiger charge is 2.16. The zero-order valence-electron chi connectivity index (χ0n) is 12.4. The maximum Gasteiger partial charge on any atom is 0.131 e. The first kappa shape index (κ1) is 13.8. The standard InChI is InChI=1S/C20H18F/c1-3-14(2)16-11-7-13-19(21)20(16)18-12-6-9-15-8-4-5-10-17(15)18/h4-10,12-14H,3H2,1-2H3. The molecule has 0 aliphatic heterocycles. The van der Waals surface area contributed by atoms with Crippen molar-refractivity contribution >= 4 is 10.8 Å². The van der Waals surface area contributed by atoms with Gasteiger partial charge in [-0.05, 0) is 46.4 Å². The van der Waals surface area contributed by atoms with Crippen molar-refractivity contribution in [2.75, 3.05) is 0 Å². The van der Waals surface area contributed by atoms with Gasteiger partial charge in [0.1, 0.15) is 5.82 Å². The molecule has 0 aromatic heterocycles. The van der Waals surface area contributed by atoms with Gasteiger partial charge in [-0.2, -0.15) is 0 Å². The molecule has 0 saturated carbocycles. The molecule has 0 aliphatic rings. The molecule has 0 heterocycles. The Morgan fingerprint density at radius 2 is 1.81 bits per heavy atom. The second kappa shape index (κ2) is 5.69. The van der Waals surface area contributed by atoms with Gasteiger partial charge in [0.2, 0.25) is 0 Å². The summed E-state index contributed by atoms with van der Waals surface area (Å²) >= 11 is 0. The normalized spacial score (nSPS) is 12.5. The SMILES string of the molecule is CCC(C)c1[c]ccc(F)c1-c1cccc2ccccc12. The summed E-state index contributed by atoms with van der Waals surface area (Å²) in [5.74, 6) is 0.120. The second-order valence-corrected chi connectivity index (χ2v) is 5.45. The molecule has 21 heavy (non-hydrogen) atoms. The van der Waals surface area contributed by atoms with E-state index in [1.165, 1.54) is 6.07 Å². The van der Waals surface area contributed by atoms with Gasteiger partial charge < -0.3 is 0 Å². The van der Waals surface area contributed by atoms with E-state index >= 15 is 0 Å². The average Bonchev–Trinajstić information content (AvgIpc) is 2.53. The monoisotopic (exact) mass is 277 g/mol. The van der Waals surface area contributed by atoms with Gasteiger partial charge in [-0.15, -0.1) is 0 Å². The van der Waals surface area contributed by atoms with Gasteiger partial charge in [0, 0.05) is 5.56 Å². The first-order valence-corrected chi connectivity index (χ1v) is 7.40. The van der Waals surface area contributed by atoms with Gasteiger partial charge in [0.15, 0.2) is 0 Å². The van der Waals surface area contributed by atoms with Crippen LogP contribution < -0.4 is 0 Å². The third-order valence-electron chi connectivity index (χ3n) is 4.14. The predicted molar refractivity (Wildman–Crippen MR) is 86.9 cm³/mol. The smallest absolute Gasteiger partial charge is 0.131 e. The maximum absolute atomic E-state index is 14.5. The lowest BCUT2D eigenvalue weighted by Crippen LogP contribution is -1.99. The zero-order chi connectivity index (χ0) is 14.8. The predicted octanol–water partition coefficient (Wildman–Crippen LogP) is 5.96. The van der Waals surface area contributed by atoms with Crippen molar-refractivity contribution in [2.24, 2.45) is 0 Å². The minimum Gasteiger partial charge on any atom is -0.206 e. The van der Waals surface area contributed by atoms with E-state index in [1.807, 2.05) is 24.3 Å². The molecule has 1 radical (unpaired) electrons. The van der Waals surface area contributed by atoms with Crippen molar-refractivity contribution in [2.45, 2.75) is 26.2 Å². The molecule has 0 N–H and O–H groups in total. The molecule has 105 valence electrons. The lowest BCUT2D eigenvalue weighted by molar-refractivity contribution is 0.624. The Bertz CT molecular complexity index is 768. The molecule has 1 atom stereocenters. The summed E-state index contributed by atoms with van der Waals surface area (Å²) in [4.78, 5) is 0. The zero-order valence-corrected chi connectivity index (χ0v) is 12.4. The summed E-state index contributed by atoms with van der Waals surface area (Å²) in [5, 5.41) is 2.22. The first-order chi connectivity index (χ1) is 10.2. The Balaban J connectivity index is 2.33. The quantitative estimate of drug-likeness (QED) is 0.554. The van der Waals surface area contributed by atoms with Crippen molar-refractivity contribution in [1.82, 2.24) is 0 Å². The van der Waals surface area contributed by atoms with E-state index in [-0.39, 0.29) is 11.7 Å². The molecule has 0 aliphatic carbocycles. The molecule has 1 unspecified atom stereocenters. The molecule has 0 saturated heterocycles. The molecule has 3 aromatic rings. The highest BCUT2D eigenvalue weighted by atomic mass is 19.1. The van der Waals surface area contributed by atoms with Crippen LogP contribution >= 0.6 is 0 Å². The molecule has 3 aromatic carbocycles. The van der Waals surface area contributed by atoms with E-state index in [9.17, 15) is 4.39 Å². The molecule has 0 bridgehead atoms. The summed E-state index contributed by atoms with van der Waals surface area (Å²) < 4.78 is 14.5. The molecule has 0 nitrogen and oxygen atoms in total. The number of hydrogen-bond acceptors (Lipinski definition) is 0. The minimum absolute atomic E-state index is 0.166. The molecule has 0 spiro atoms. The largest absolute Gasteiger partial charge is 0.206 e. The Labute approximate surface area is 125 Å². The molecule has 1 heteroatoms. The molecular formula is C20H18F. The fourth-order valence-electron chi connectivity index (χ4n) is 2.80. The van der Waals surface area contributed by atoms with Crippen LogP contribution in [0.15, 0.2) is 54.6 Å². The Kier molecular flexibility index (Phi) is 3.74. The van der Waals surface area contributed by atoms with E-state index in [2.05, 4.69) is 38.1 Å². The fraction of sp³-hybridized carbons (Fsp3) is 0.200. The molecule has 3 rings (SSSR count). The Morgan fingerprint density at radius 3 is 2.62 bits per heavy atom. The van der Waals surface area contributed by atoms with Crippen LogP contribution in [0.1, 0.15) is 31.7 Å². The topological polar surface area (TPSA) is 0 Å². The van der Waals surface area contributed by atoms with Crippen molar-refractivity contribution in [3.05, 3.63) is 72.0 Å². The van der Waals surface area contributed by atoms with Gasteiger partial charge in [0.05, 0.1) is 0 Å². The molecule has 0 amide bonds. The van der Waals surface area contributed by atoms with Gasteiger partial charge in [-0.3, -0.25) is 0 Å². The Morgan fingerprint density at radius 1 is 1.05 bits per heavy atom. The molecular weight excluding hydrogens is 259 g/mol. The first-order valence-electron chi connectivity index (χ1n) is 7.40. The lowest BCUT2D eigenvalue weighted by atomic mass is 9.88. The molecule has 0 fully saturated rings. The van der Waals surface area contributed by atoms with E-state index < -0.39 is 0 Å². The highest BCUT2D eigenvalue weighted by Crippen LogP contribution is 2.36. The lowest BCUT2D eigenvalue weighted by Gasteiger charge is -2.17. The highest BCUT2D eigenvalue weighted by molar-refractivity contribution is 5.97. The summed E-state index contributed by atoms with van der Waals surface area (Å²) in [7, 11) is 0. The van der Waals surface area contributed by atoms with Crippen LogP contribution in [0.5, 0.6) is 0 Å². The van der Waals surface area contributed by atoms with Crippen LogP contribution in [0.3, 0.4) is 0 Å². The van der Waals surface area contributed by atoms with Gasteiger partial charge in [0.25, 0.3) is 0 Å². The number of fused-ring (bicyclic) bond motifs is 1. The maximum atomic E-state index is 14.5. The van der Waals surface area contributed by atoms with Crippen molar-refractivity contribution < 1.29 is 4.39 Å². The van der Waals surface area contributed by atoms with E-state index in [4.69, 9.17) is 0 Å². The van der Waals surface area contributed by atoms with Crippen molar-refractivity contribution in [3.63, 3.8) is 0 Å². The van der Waals surface area contributed by atoms with Gasteiger partial charge >= 0.3 is 0 Å². The van der Waals surface area contributed by atoms with Crippen LogP contribution in [0.4, 0.5) is 4.39 Å². The second-order valence-electron chi connectivity index (χ2n) is 5.45. The summed E-state index contributed by atoms with van der Waals surface area (Å²) in [6.45, 7) is 4.25. The van der Waals surface area contributed by atoms with Crippen LogP contribution in [-0.4, -0.2) is 0 Å². The van der Waals surface area contributed by atoms with Gasteiger partial charge in [-0.25, -0.2) is 4.39 Å². The third-order valence-corrected chi connectivity index (χ3v) is 4.14. The number of hydrogen-bond donors (Lipinski definition) is 0. The van der Waals surface area contributed by atoms with Crippen LogP contribution in [0, 0.1) is 11.9 Å². The Hall–Kier alpha value is -2.15. The van der Waals surface area contributed by atoms with E-state index in [1.54, 1.807) is 6.07 Å². The van der Waals surface area contributed by atoms with Gasteiger partial charge in [-0.1, -0.05) is 62.4 Å². The van der Waals surface area contributed by atoms with E-state index in [0.717, 1.165) is 28.3 Å². The van der Waals surface area contributed by atoms with Crippen molar-refractivity contribution in [1.29, 1.82) is 0 Å². The fourth-order valence-corrected chi connectivity index (χ4v) is 2.80. The summed E-state index contributed by atoms with van der Waals surface area (Å²) in [5.41, 5.74) is 2.62. The number of halogens is 1. The van der Waals surface area contributed by atoms with Crippen molar-refractivity contribution in [3.8, 4) is 11.1 Å². The minimum atomic E-state index is -0.166. The third kappa shape index (κ3) is 2.44. The summed E-state index contributed by atoms with van der Waals surface area (Å²) in [6, 6.07) is 20.6. The van der Waals surface area contributed by atoms with Crippen LogP contribution in [-0.2, 0) is 0 Å². The summed E-state index contributed by atoms with van der Waals surface area (Å²) in [6.07, 6.45) is 0.970. The number of benzene rings is 3. The van der Waals surface area contributed by atoms with E-state index in [0.29, 0.717) is 5.56 Å².